The minimum Gasteiger partial charge on any atom is -0.487 e. The summed E-state index contributed by atoms with van der Waals surface area (Å²) in [5.41, 5.74) is 3.48. The van der Waals surface area contributed by atoms with Crippen molar-refractivity contribution in [3.8, 4) is 22.9 Å². The normalized spacial score (nSPS) is 21.7. The summed E-state index contributed by atoms with van der Waals surface area (Å²) in [5, 5.41) is 9.06. The fourth-order valence-electron chi connectivity index (χ4n) is 7.08. The summed E-state index contributed by atoms with van der Waals surface area (Å²) < 4.78 is 41.1. The van der Waals surface area contributed by atoms with Crippen LogP contribution in [0.15, 0.2) is 37.1 Å². The number of halogens is 3. The van der Waals surface area contributed by atoms with Crippen LogP contribution in [-0.2, 0) is 4.79 Å². The van der Waals surface area contributed by atoms with E-state index in [1.54, 1.807) is 11.1 Å². The molecule has 7 rings (SSSR count). The van der Waals surface area contributed by atoms with E-state index < -0.39 is 24.9 Å². The number of aromatic nitrogens is 4. The Morgan fingerprint density at radius 2 is 2.00 bits per heavy atom. The van der Waals surface area contributed by atoms with Crippen molar-refractivity contribution in [2.24, 2.45) is 0 Å². The number of benzene rings is 2. The molecule has 4 aromatic rings. The maximum absolute atomic E-state index is 14.1. The second-order valence-corrected chi connectivity index (χ2v) is 13.4. The zero-order valence-electron chi connectivity index (χ0n) is 26.7. The summed E-state index contributed by atoms with van der Waals surface area (Å²) in [5.74, 6) is -2.03. The van der Waals surface area contributed by atoms with Crippen LogP contribution in [0.2, 0.25) is 5.02 Å². The average molecular weight is 666 g/mol. The van der Waals surface area contributed by atoms with Crippen LogP contribution in [0, 0.1) is 6.92 Å². The summed E-state index contributed by atoms with van der Waals surface area (Å²) in [6.07, 6.45) is 3.61. The molecular formula is C34H38ClF2N7O3. The highest BCUT2D eigenvalue weighted by atomic mass is 35.5. The van der Waals surface area contributed by atoms with E-state index in [9.17, 15) is 13.6 Å². The van der Waals surface area contributed by atoms with Crippen molar-refractivity contribution in [1.29, 1.82) is 0 Å². The molecule has 3 aliphatic rings. The Kier molecular flexibility index (Phi) is 8.20. The Morgan fingerprint density at radius 1 is 1.19 bits per heavy atom. The molecule has 13 heteroatoms. The number of H-pyrrole nitrogens is 1. The number of aryl methyl sites for hydroxylation is 1. The van der Waals surface area contributed by atoms with Crippen LogP contribution in [-0.4, -0.2) is 99.8 Å². The van der Waals surface area contributed by atoms with Gasteiger partial charge < -0.3 is 24.2 Å². The standard InChI is InChI=1S/C34H38ClF2N7O3/c1-5-27(45)43-11-12-44(20(3)17-43)32-23-13-25(35)29(28-19(2)8-9-26-24(28)16-38-41-26)31(47-22-14-34(36,37)15-22)30(23)39-33(40-32)46-18-21-7-6-10-42(21)4/h5,8-9,13,16,20-22H,1,6-7,10-12,14-15,17-18H2,2-4H3,(H,38,41)/t20-,21-/m0/s1. The summed E-state index contributed by atoms with van der Waals surface area (Å²) >= 11 is 7.18. The zero-order chi connectivity index (χ0) is 33.0. The van der Waals surface area contributed by atoms with E-state index in [2.05, 4.69) is 33.6 Å². The molecule has 2 aromatic carbocycles. The lowest BCUT2D eigenvalue weighted by atomic mass is 9.90. The van der Waals surface area contributed by atoms with Crippen molar-refractivity contribution < 1.29 is 23.0 Å². The van der Waals surface area contributed by atoms with Crippen molar-refractivity contribution in [3.63, 3.8) is 0 Å². The number of carbonyl (C=O) groups excluding carboxylic acids is 1. The van der Waals surface area contributed by atoms with Gasteiger partial charge in [-0.1, -0.05) is 24.2 Å². The zero-order valence-corrected chi connectivity index (χ0v) is 27.5. The van der Waals surface area contributed by atoms with Crippen LogP contribution in [0.3, 0.4) is 0 Å². The number of hydrogen-bond acceptors (Lipinski definition) is 8. The lowest BCUT2D eigenvalue weighted by Gasteiger charge is -2.40. The maximum Gasteiger partial charge on any atom is 0.319 e. The van der Waals surface area contributed by atoms with Gasteiger partial charge in [-0.25, -0.2) is 8.78 Å². The molecule has 2 saturated heterocycles. The number of likely N-dealkylation sites (tertiary alicyclic amines) is 1. The lowest BCUT2D eigenvalue weighted by molar-refractivity contribution is -0.134. The second kappa shape index (κ2) is 12.2. The van der Waals surface area contributed by atoms with Crippen molar-refractivity contribution in [3.05, 3.63) is 47.6 Å². The highest BCUT2D eigenvalue weighted by Gasteiger charge is 2.47. The van der Waals surface area contributed by atoms with Gasteiger partial charge in [0.2, 0.25) is 5.91 Å². The molecule has 4 heterocycles. The van der Waals surface area contributed by atoms with Crippen LogP contribution >= 0.6 is 11.6 Å². The molecule has 0 spiro atoms. The van der Waals surface area contributed by atoms with Crippen molar-refractivity contribution in [1.82, 2.24) is 30.0 Å². The number of amides is 1. The number of likely N-dealkylation sites (N-methyl/N-ethyl adjacent to an activating group) is 1. The molecule has 0 bridgehead atoms. The molecule has 1 amide bonds. The SMILES string of the molecule is C=CC(=O)N1CCN(c2nc(OC[C@@H]3CCCN3C)nc3c(OC4CC(F)(F)C4)c(-c4c(C)ccc5[nH]ncc45)c(Cl)cc23)[C@@H](C)C1. The topological polar surface area (TPSA) is 99.7 Å². The van der Waals surface area contributed by atoms with Gasteiger partial charge in [-0.3, -0.25) is 9.89 Å². The number of nitrogens with one attached hydrogen (secondary N) is 1. The number of ether oxygens (including phenoxy) is 2. The number of fused-ring (bicyclic) bond motifs is 2. The van der Waals surface area contributed by atoms with E-state index in [0.29, 0.717) is 59.3 Å². The molecule has 10 nitrogen and oxygen atoms in total. The number of nitrogens with zero attached hydrogens (tertiary/aromatic N) is 6. The summed E-state index contributed by atoms with van der Waals surface area (Å²) in [6, 6.07) is 5.99. The first-order valence-electron chi connectivity index (χ1n) is 16.1. The Morgan fingerprint density at radius 3 is 2.70 bits per heavy atom. The summed E-state index contributed by atoms with van der Waals surface area (Å²) in [4.78, 5) is 28.4. The van der Waals surface area contributed by atoms with Gasteiger partial charge in [-0.05, 0) is 64.1 Å². The van der Waals surface area contributed by atoms with E-state index in [4.69, 9.17) is 31.0 Å². The predicted molar refractivity (Wildman–Crippen MR) is 178 cm³/mol. The van der Waals surface area contributed by atoms with Crippen molar-refractivity contribution >= 4 is 45.1 Å². The lowest BCUT2D eigenvalue weighted by Crippen LogP contribution is -2.53. The molecule has 0 radical (unpaired) electrons. The monoisotopic (exact) mass is 665 g/mol. The third-order valence-electron chi connectivity index (χ3n) is 9.74. The van der Waals surface area contributed by atoms with E-state index in [1.807, 2.05) is 32.0 Å². The van der Waals surface area contributed by atoms with E-state index in [1.165, 1.54) is 6.08 Å². The minimum absolute atomic E-state index is 0.116. The van der Waals surface area contributed by atoms with Crippen LogP contribution < -0.4 is 14.4 Å². The highest BCUT2D eigenvalue weighted by Crippen LogP contribution is 2.50. The van der Waals surface area contributed by atoms with Gasteiger partial charge in [0.05, 0.1) is 16.7 Å². The highest BCUT2D eigenvalue weighted by molar-refractivity contribution is 6.35. The molecule has 47 heavy (non-hydrogen) atoms. The Hall–Kier alpha value is -4.03. The number of anilines is 1. The molecule has 2 aromatic heterocycles. The summed E-state index contributed by atoms with van der Waals surface area (Å²) in [6.45, 7) is 10.5. The van der Waals surface area contributed by atoms with Gasteiger partial charge in [-0.2, -0.15) is 15.1 Å². The second-order valence-electron chi connectivity index (χ2n) is 13.0. The quantitative estimate of drug-likeness (QED) is 0.229. The van der Waals surface area contributed by atoms with Gasteiger partial charge in [0.15, 0.2) is 5.75 Å². The Labute approximate surface area is 276 Å². The number of aromatic amines is 1. The minimum atomic E-state index is -2.79. The first-order chi connectivity index (χ1) is 22.5. The van der Waals surface area contributed by atoms with Crippen LogP contribution in [0.4, 0.5) is 14.6 Å². The fraction of sp³-hybridized carbons (Fsp3) is 0.471. The van der Waals surface area contributed by atoms with Gasteiger partial charge >= 0.3 is 6.01 Å². The van der Waals surface area contributed by atoms with Gasteiger partial charge in [0, 0.05) is 66.5 Å². The first kappa shape index (κ1) is 31.6. The molecule has 0 unspecified atom stereocenters. The maximum atomic E-state index is 14.1. The third kappa shape index (κ3) is 5.86. The average Bonchev–Trinajstić information content (AvgIpc) is 3.68. The number of piperazine rings is 1. The number of carbonyl (C=O) groups is 1. The first-order valence-corrected chi connectivity index (χ1v) is 16.4. The van der Waals surface area contributed by atoms with E-state index >= 15 is 0 Å². The molecule has 1 saturated carbocycles. The summed E-state index contributed by atoms with van der Waals surface area (Å²) in [7, 11) is 2.08. The molecule has 248 valence electrons. The number of rotatable bonds is 8. The molecule has 3 fully saturated rings. The van der Waals surface area contributed by atoms with Crippen molar-refractivity contribution in [2.45, 2.75) is 63.6 Å². The van der Waals surface area contributed by atoms with Crippen LogP contribution in [0.25, 0.3) is 32.9 Å². The third-order valence-corrected chi connectivity index (χ3v) is 10.0. The molecule has 2 aliphatic heterocycles. The largest absolute Gasteiger partial charge is 0.487 e. The van der Waals surface area contributed by atoms with E-state index in [0.717, 1.165) is 41.4 Å². The predicted octanol–water partition coefficient (Wildman–Crippen LogP) is 6.01. The van der Waals surface area contributed by atoms with Crippen molar-refractivity contribution in [2.75, 3.05) is 44.7 Å². The number of alkyl halides is 2. The molecule has 1 N–H and O–H groups in total. The van der Waals surface area contributed by atoms with Gasteiger partial charge in [-0.15, -0.1) is 0 Å². The Bertz CT molecular complexity index is 1860. The van der Waals surface area contributed by atoms with Gasteiger partial charge in [0.1, 0.15) is 24.0 Å². The van der Waals surface area contributed by atoms with Gasteiger partial charge in [0.25, 0.3) is 5.92 Å². The van der Waals surface area contributed by atoms with E-state index in [-0.39, 0.29) is 24.0 Å². The smallest absolute Gasteiger partial charge is 0.319 e. The fourth-order valence-corrected chi connectivity index (χ4v) is 7.37. The van der Waals surface area contributed by atoms with Crippen LogP contribution in [0.5, 0.6) is 11.8 Å². The molecule has 1 aliphatic carbocycles. The van der Waals surface area contributed by atoms with Crippen LogP contribution in [0.1, 0.15) is 38.2 Å². The molecule has 2 atom stereocenters. The molecular weight excluding hydrogens is 628 g/mol. The Balaban J connectivity index is 1.42. The number of hydrogen-bond donors (Lipinski definition) is 1.